The number of benzene rings is 2. The van der Waals surface area contributed by atoms with E-state index in [-0.39, 0.29) is 11.9 Å². The van der Waals surface area contributed by atoms with Gasteiger partial charge >= 0.3 is 5.97 Å². The van der Waals surface area contributed by atoms with Crippen LogP contribution in [0.5, 0.6) is 0 Å². The van der Waals surface area contributed by atoms with Gasteiger partial charge in [0.25, 0.3) is 5.91 Å². The predicted octanol–water partition coefficient (Wildman–Crippen LogP) is 3.94. The minimum Gasteiger partial charge on any atom is -0.465 e. The number of hydrogen-bond donors (Lipinski definition) is 1. The van der Waals surface area contributed by atoms with Crippen LogP contribution in [0.4, 0.5) is 17.3 Å². The Morgan fingerprint density at radius 1 is 1.04 bits per heavy atom. The summed E-state index contributed by atoms with van der Waals surface area (Å²) in [6, 6.07) is 13.9. The number of hydrogen-bond acceptors (Lipinski definition) is 6. The summed E-state index contributed by atoms with van der Waals surface area (Å²) in [5.41, 5.74) is 1.89. The summed E-state index contributed by atoms with van der Waals surface area (Å²) in [4.78, 5) is 34.1. The Kier molecular flexibility index (Phi) is 5.86. The van der Waals surface area contributed by atoms with E-state index in [1.807, 2.05) is 30.3 Å². The van der Waals surface area contributed by atoms with Gasteiger partial charge < -0.3 is 15.0 Å². The summed E-state index contributed by atoms with van der Waals surface area (Å²) in [5.74, 6) is -0.475. The van der Waals surface area contributed by atoms with Crippen molar-refractivity contribution in [2.45, 2.75) is 0 Å². The molecule has 1 aromatic heterocycles. The topological polar surface area (TPSA) is 84.4 Å². The molecule has 0 atom stereocenters. The van der Waals surface area contributed by atoms with Crippen LogP contribution in [-0.2, 0) is 4.74 Å². The molecular formula is C20H17ClN4O3. The van der Waals surface area contributed by atoms with Crippen LogP contribution in [0.3, 0.4) is 0 Å². The second-order valence-corrected chi connectivity index (χ2v) is 6.21. The average molecular weight is 397 g/mol. The molecule has 1 heterocycles. The van der Waals surface area contributed by atoms with Crippen molar-refractivity contribution in [2.24, 2.45) is 0 Å². The van der Waals surface area contributed by atoms with Gasteiger partial charge in [0.2, 0.25) is 5.95 Å². The number of ether oxygens (including phenoxy) is 1. The third-order valence-electron chi connectivity index (χ3n) is 3.98. The highest BCUT2D eigenvalue weighted by Crippen LogP contribution is 2.25. The van der Waals surface area contributed by atoms with Crippen LogP contribution in [0.25, 0.3) is 0 Å². The summed E-state index contributed by atoms with van der Waals surface area (Å²) in [7, 11) is 2.98. The van der Waals surface area contributed by atoms with Gasteiger partial charge in [-0.25, -0.2) is 14.8 Å². The van der Waals surface area contributed by atoms with Gasteiger partial charge in [-0.3, -0.25) is 4.79 Å². The number of carbonyl (C=O) groups excluding carboxylic acids is 2. The first-order valence-corrected chi connectivity index (χ1v) is 8.67. The monoisotopic (exact) mass is 396 g/mol. The molecule has 0 saturated carbocycles. The molecule has 8 heteroatoms. The summed E-state index contributed by atoms with van der Waals surface area (Å²) < 4.78 is 4.70. The average Bonchev–Trinajstić information content (AvgIpc) is 2.74. The fourth-order valence-electron chi connectivity index (χ4n) is 2.45. The molecule has 1 amide bonds. The number of esters is 1. The molecule has 0 aliphatic rings. The van der Waals surface area contributed by atoms with Crippen LogP contribution in [0.15, 0.2) is 60.9 Å². The number of aromatic nitrogens is 2. The highest BCUT2D eigenvalue weighted by Gasteiger charge is 2.15. The summed E-state index contributed by atoms with van der Waals surface area (Å²) in [6.07, 6.45) is 2.85. The smallest absolute Gasteiger partial charge is 0.337 e. The van der Waals surface area contributed by atoms with Crippen LogP contribution in [0.2, 0.25) is 5.02 Å². The molecule has 3 aromatic rings. The number of carbonyl (C=O) groups is 2. The minimum absolute atomic E-state index is 0.233. The zero-order valence-electron chi connectivity index (χ0n) is 15.2. The minimum atomic E-state index is -0.481. The lowest BCUT2D eigenvalue weighted by molar-refractivity contribution is 0.0600. The standard InChI is InChI=1S/C20H17ClN4O3/c1-25(15-6-4-3-5-7-15)18(26)14-11-22-20(23-12-14)24-17-10-13(19(27)28-2)8-9-16(17)21/h3-12H,1-2H3,(H,22,23,24). The number of halogens is 1. The highest BCUT2D eigenvalue weighted by atomic mass is 35.5. The van der Waals surface area contributed by atoms with Gasteiger partial charge in [-0.15, -0.1) is 0 Å². The first-order valence-electron chi connectivity index (χ1n) is 8.29. The van der Waals surface area contributed by atoms with Crippen LogP contribution in [0.1, 0.15) is 20.7 Å². The lowest BCUT2D eigenvalue weighted by Crippen LogP contribution is -2.26. The number of nitrogens with zero attached hydrogens (tertiary/aromatic N) is 3. The van der Waals surface area contributed by atoms with E-state index in [0.29, 0.717) is 21.8 Å². The van der Waals surface area contributed by atoms with Crippen molar-refractivity contribution in [3.05, 3.63) is 77.1 Å². The fourth-order valence-corrected chi connectivity index (χ4v) is 2.62. The molecule has 28 heavy (non-hydrogen) atoms. The van der Waals surface area contributed by atoms with E-state index >= 15 is 0 Å². The fraction of sp³-hybridized carbons (Fsp3) is 0.100. The maximum Gasteiger partial charge on any atom is 0.337 e. The van der Waals surface area contributed by atoms with E-state index in [9.17, 15) is 9.59 Å². The van der Waals surface area contributed by atoms with Crippen molar-refractivity contribution in [1.29, 1.82) is 0 Å². The van der Waals surface area contributed by atoms with Gasteiger partial charge in [-0.1, -0.05) is 29.8 Å². The Morgan fingerprint density at radius 2 is 1.71 bits per heavy atom. The maximum absolute atomic E-state index is 12.6. The summed E-state index contributed by atoms with van der Waals surface area (Å²) >= 11 is 6.15. The number of rotatable bonds is 5. The van der Waals surface area contributed by atoms with Crippen LogP contribution in [0, 0.1) is 0 Å². The lowest BCUT2D eigenvalue weighted by Gasteiger charge is -2.17. The van der Waals surface area contributed by atoms with Crippen molar-refractivity contribution < 1.29 is 14.3 Å². The van der Waals surface area contributed by atoms with Gasteiger partial charge in [0, 0.05) is 25.1 Å². The van der Waals surface area contributed by atoms with Crippen LogP contribution >= 0.6 is 11.6 Å². The number of anilines is 3. The molecule has 0 spiro atoms. The van der Waals surface area contributed by atoms with E-state index in [0.717, 1.165) is 5.69 Å². The van der Waals surface area contributed by atoms with Gasteiger partial charge in [0.1, 0.15) is 0 Å². The Labute approximate surface area is 166 Å². The molecule has 7 nitrogen and oxygen atoms in total. The lowest BCUT2D eigenvalue weighted by atomic mass is 10.2. The number of methoxy groups -OCH3 is 1. The molecule has 0 radical (unpaired) electrons. The molecule has 3 rings (SSSR count). The van der Waals surface area contributed by atoms with E-state index in [2.05, 4.69) is 15.3 Å². The van der Waals surface area contributed by atoms with Crippen molar-refractivity contribution in [3.63, 3.8) is 0 Å². The summed E-state index contributed by atoms with van der Waals surface area (Å²) in [6.45, 7) is 0. The highest BCUT2D eigenvalue weighted by molar-refractivity contribution is 6.33. The quantitative estimate of drug-likeness (QED) is 0.657. The van der Waals surface area contributed by atoms with Crippen molar-refractivity contribution in [3.8, 4) is 0 Å². The van der Waals surface area contributed by atoms with E-state index in [1.165, 1.54) is 24.4 Å². The van der Waals surface area contributed by atoms with E-state index < -0.39 is 5.97 Å². The Bertz CT molecular complexity index is 994. The van der Waals surface area contributed by atoms with Crippen molar-refractivity contribution in [2.75, 3.05) is 24.4 Å². The Hall–Kier alpha value is -3.45. The number of para-hydroxylation sites is 1. The molecule has 0 aliphatic carbocycles. The number of amides is 1. The van der Waals surface area contributed by atoms with Crippen molar-refractivity contribution in [1.82, 2.24) is 9.97 Å². The molecule has 0 saturated heterocycles. The molecule has 0 bridgehead atoms. The van der Waals surface area contributed by atoms with Gasteiger partial charge in [-0.05, 0) is 30.3 Å². The SMILES string of the molecule is COC(=O)c1ccc(Cl)c(Nc2ncc(C(=O)N(C)c3ccccc3)cn2)c1. The molecule has 0 fully saturated rings. The normalized spacial score (nSPS) is 10.2. The van der Waals surface area contributed by atoms with Gasteiger partial charge in [-0.2, -0.15) is 0 Å². The molecule has 0 unspecified atom stereocenters. The Balaban J connectivity index is 1.76. The third kappa shape index (κ3) is 4.27. The molecule has 0 aliphatic heterocycles. The third-order valence-corrected chi connectivity index (χ3v) is 4.31. The predicted molar refractivity (Wildman–Crippen MR) is 107 cm³/mol. The van der Waals surface area contributed by atoms with Crippen LogP contribution < -0.4 is 10.2 Å². The Morgan fingerprint density at radius 3 is 2.36 bits per heavy atom. The van der Waals surface area contributed by atoms with Gasteiger partial charge in [0.05, 0.1) is 28.9 Å². The van der Waals surface area contributed by atoms with Crippen molar-refractivity contribution >= 4 is 40.8 Å². The first-order chi connectivity index (χ1) is 13.5. The molecule has 1 N–H and O–H groups in total. The summed E-state index contributed by atoms with van der Waals surface area (Å²) in [5, 5.41) is 3.32. The molecular weight excluding hydrogens is 380 g/mol. The molecule has 142 valence electrons. The van der Waals surface area contributed by atoms with E-state index in [1.54, 1.807) is 25.2 Å². The molecule has 2 aromatic carbocycles. The number of nitrogens with one attached hydrogen (secondary N) is 1. The second-order valence-electron chi connectivity index (χ2n) is 5.81. The maximum atomic E-state index is 12.6. The largest absolute Gasteiger partial charge is 0.465 e. The van der Waals surface area contributed by atoms with E-state index in [4.69, 9.17) is 16.3 Å². The van der Waals surface area contributed by atoms with Gasteiger partial charge in [0.15, 0.2) is 0 Å². The zero-order chi connectivity index (χ0) is 20.1. The first kappa shape index (κ1) is 19.3. The van der Waals surface area contributed by atoms with Crippen LogP contribution in [-0.4, -0.2) is 36.0 Å². The zero-order valence-corrected chi connectivity index (χ0v) is 16.0. The second kappa shape index (κ2) is 8.49.